The van der Waals surface area contributed by atoms with Crippen molar-refractivity contribution >= 4 is 34.2 Å². The Hall–Kier alpha value is -3.51. The molecule has 2 N–H and O–H groups in total. The number of anilines is 1. The number of fused-ring (bicyclic) bond motifs is 1. The van der Waals surface area contributed by atoms with Crippen LogP contribution in [0.4, 0.5) is 10.2 Å². The van der Waals surface area contributed by atoms with Gasteiger partial charge >= 0.3 is 0 Å². The maximum atomic E-state index is 13.0. The van der Waals surface area contributed by atoms with Crippen molar-refractivity contribution in [3.63, 3.8) is 0 Å². The summed E-state index contributed by atoms with van der Waals surface area (Å²) in [6, 6.07) is 20.6. The van der Waals surface area contributed by atoms with E-state index in [2.05, 4.69) is 20.6 Å². The lowest BCUT2D eigenvalue weighted by molar-refractivity contribution is 0.0955. The van der Waals surface area contributed by atoms with Crippen molar-refractivity contribution in [1.29, 1.82) is 0 Å². The Morgan fingerprint density at radius 2 is 1.70 bits per heavy atom. The number of halogens is 2. The monoisotopic (exact) mass is 420 g/mol. The smallest absolute Gasteiger partial charge is 0.251 e. The van der Waals surface area contributed by atoms with Gasteiger partial charge in [-0.05, 0) is 42.5 Å². The van der Waals surface area contributed by atoms with Gasteiger partial charge in [-0.15, -0.1) is 0 Å². The first-order valence-corrected chi connectivity index (χ1v) is 9.78. The fourth-order valence-electron chi connectivity index (χ4n) is 3.01. The van der Waals surface area contributed by atoms with Crippen molar-refractivity contribution in [2.45, 2.75) is 0 Å². The van der Waals surface area contributed by atoms with Gasteiger partial charge in [-0.25, -0.2) is 14.4 Å². The van der Waals surface area contributed by atoms with E-state index in [9.17, 15) is 9.18 Å². The van der Waals surface area contributed by atoms with Crippen molar-refractivity contribution in [3.05, 3.63) is 89.2 Å². The van der Waals surface area contributed by atoms with Gasteiger partial charge in [0.1, 0.15) is 11.6 Å². The van der Waals surface area contributed by atoms with Gasteiger partial charge in [-0.3, -0.25) is 4.79 Å². The maximum Gasteiger partial charge on any atom is 0.251 e. The lowest BCUT2D eigenvalue weighted by Crippen LogP contribution is -2.29. The molecule has 0 atom stereocenters. The zero-order valence-electron chi connectivity index (χ0n) is 15.9. The number of nitrogens with one attached hydrogen (secondary N) is 2. The van der Waals surface area contributed by atoms with E-state index in [0.29, 0.717) is 35.3 Å². The molecule has 1 aromatic heterocycles. The number of benzene rings is 3. The van der Waals surface area contributed by atoms with Gasteiger partial charge in [0, 0.05) is 34.6 Å². The molecular formula is C23H18ClFN4O. The van der Waals surface area contributed by atoms with Crippen molar-refractivity contribution in [2.75, 3.05) is 18.4 Å². The first-order chi connectivity index (χ1) is 14.6. The molecule has 0 radical (unpaired) electrons. The van der Waals surface area contributed by atoms with Gasteiger partial charge < -0.3 is 10.6 Å². The SMILES string of the molecule is O=C(NCCNc1nc(-c2ccccc2)nc2cc(Cl)ccc12)c1ccc(F)cc1. The van der Waals surface area contributed by atoms with Crippen LogP contribution in [0.5, 0.6) is 0 Å². The van der Waals surface area contributed by atoms with E-state index in [0.717, 1.165) is 16.5 Å². The van der Waals surface area contributed by atoms with Gasteiger partial charge in [-0.2, -0.15) is 0 Å². The number of hydrogen-bond acceptors (Lipinski definition) is 4. The number of nitrogens with zero attached hydrogens (tertiary/aromatic N) is 2. The second-order valence-electron chi connectivity index (χ2n) is 6.61. The van der Waals surface area contributed by atoms with E-state index in [4.69, 9.17) is 11.6 Å². The molecule has 0 bridgehead atoms. The Kier molecular flexibility index (Phi) is 5.86. The van der Waals surface area contributed by atoms with Crippen LogP contribution in [0.3, 0.4) is 0 Å². The van der Waals surface area contributed by atoms with E-state index in [1.165, 1.54) is 24.3 Å². The topological polar surface area (TPSA) is 66.9 Å². The third-order valence-corrected chi connectivity index (χ3v) is 4.74. The Morgan fingerprint density at radius 1 is 0.933 bits per heavy atom. The first kappa shape index (κ1) is 19.8. The Bertz CT molecular complexity index is 1180. The lowest BCUT2D eigenvalue weighted by Gasteiger charge is -2.12. The van der Waals surface area contributed by atoms with Crippen LogP contribution in [0, 0.1) is 5.82 Å². The van der Waals surface area contributed by atoms with Crippen molar-refractivity contribution in [3.8, 4) is 11.4 Å². The van der Waals surface area contributed by atoms with E-state index < -0.39 is 0 Å². The predicted molar refractivity (Wildman–Crippen MR) is 117 cm³/mol. The minimum Gasteiger partial charge on any atom is -0.368 e. The van der Waals surface area contributed by atoms with Crippen LogP contribution < -0.4 is 10.6 Å². The summed E-state index contributed by atoms with van der Waals surface area (Å²) in [6.45, 7) is 0.825. The molecule has 0 aliphatic heterocycles. The Balaban J connectivity index is 1.50. The van der Waals surface area contributed by atoms with Crippen LogP contribution >= 0.6 is 11.6 Å². The number of amides is 1. The summed E-state index contributed by atoms with van der Waals surface area (Å²) in [4.78, 5) is 21.5. The molecule has 0 unspecified atom stereocenters. The molecule has 0 saturated heterocycles. The molecule has 4 rings (SSSR count). The molecule has 0 aliphatic rings. The molecule has 0 spiro atoms. The fourth-order valence-corrected chi connectivity index (χ4v) is 3.18. The van der Waals surface area contributed by atoms with Gasteiger partial charge in [0.05, 0.1) is 5.52 Å². The average Bonchev–Trinajstić information content (AvgIpc) is 2.77. The van der Waals surface area contributed by atoms with Crippen LogP contribution in [-0.2, 0) is 0 Å². The molecule has 0 saturated carbocycles. The van der Waals surface area contributed by atoms with Crippen LogP contribution in [-0.4, -0.2) is 29.0 Å². The third-order valence-electron chi connectivity index (χ3n) is 4.50. The number of carbonyl (C=O) groups is 1. The molecule has 1 heterocycles. The fraction of sp³-hybridized carbons (Fsp3) is 0.0870. The largest absolute Gasteiger partial charge is 0.368 e. The number of rotatable bonds is 6. The van der Waals surface area contributed by atoms with Gasteiger partial charge in [0.2, 0.25) is 0 Å². The van der Waals surface area contributed by atoms with E-state index in [1.54, 1.807) is 12.1 Å². The second kappa shape index (κ2) is 8.88. The summed E-state index contributed by atoms with van der Waals surface area (Å²) in [5.41, 5.74) is 2.03. The molecular weight excluding hydrogens is 403 g/mol. The van der Waals surface area contributed by atoms with Crippen LogP contribution in [0.25, 0.3) is 22.3 Å². The molecule has 5 nitrogen and oxygen atoms in total. The summed E-state index contributed by atoms with van der Waals surface area (Å²) < 4.78 is 13.0. The standard InChI is InChI=1S/C23H18ClFN4O/c24-17-8-11-19-20(14-17)28-21(15-4-2-1-3-5-15)29-22(19)26-12-13-27-23(30)16-6-9-18(25)10-7-16/h1-11,14H,12-13H2,(H,27,30)(H,26,28,29). The molecule has 30 heavy (non-hydrogen) atoms. The Labute approximate surface area is 177 Å². The van der Waals surface area contributed by atoms with Gasteiger partial charge in [0.15, 0.2) is 5.82 Å². The minimum atomic E-state index is -0.377. The summed E-state index contributed by atoms with van der Waals surface area (Å²) in [7, 11) is 0. The summed E-state index contributed by atoms with van der Waals surface area (Å²) in [6.07, 6.45) is 0. The van der Waals surface area contributed by atoms with Crippen molar-refractivity contribution in [1.82, 2.24) is 15.3 Å². The number of hydrogen-bond donors (Lipinski definition) is 2. The summed E-state index contributed by atoms with van der Waals surface area (Å²) in [5, 5.41) is 7.50. The van der Waals surface area contributed by atoms with Crippen LogP contribution in [0.15, 0.2) is 72.8 Å². The molecule has 150 valence electrons. The minimum absolute atomic E-state index is 0.263. The summed E-state index contributed by atoms with van der Waals surface area (Å²) >= 11 is 6.15. The second-order valence-corrected chi connectivity index (χ2v) is 7.05. The van der Waals surface area contributed by atoms with E-state index in [-0.39, 0.29) is 11.7 Å². The first-order valence-electron chi connectivity index (χ1n) is 9.40. The third kappa shape index (κ3) is 4.55. The van der Waals surface area contributed by atoms with E-state index >= 15 is 0 Å². The highest BCUT2D eigenvalue weighted by atomic mass is 35.5. The van der Waals surface area contributed by atoms with E-state index in [1.807, 2.05) is 36.4 Å². The predicted octanol–water partition coefficient (Wildman–Crippen LogP) is 4.93. The maximum absolute atomic E-state index is 13.0. The summed E-state index contributed by atoms with van der Waals surface area (Å²) in [5.74, 6) is 0.606. The molecule has 0 aliphatic carbocycles. The average molecular weight is 421 g/mol. The van der Waals surface area contributed by atoms with Crippen molar-refractivity contribution < 1.29 is 9.18 Å². The van der Waals surface area contributed by atoms with Crippen molar-refractivity contribution in [2.24, 2.45) is 0 Å². The number of carbonyl (C=O) groups excluding carboxylic acids is 1. The zero-order valence-corrected chi connectivity index (χ0v) is 16.7. The number of aromatic nitrogens is 2. The van der Waals surface area contributed by atoms with Crippen LogP contribution in [0.1, 0.15) is 10.4 Å². The molecule has 3 aromatic carbocycles. The normalized spacial score (nSPS) is 10.7. The Morgan fingerprint density at radius 3 is 2.47 bits per heavy atom. The quantitative estimate of drug-likeness (QED) is 0.434. The highest BCUT2D eigenvalue weighted by Crippen LogP contribution is 2.27. The molecule has 7 heteroatoms. The molecule has 1 amide bonds. The van der Waals surface area contributed by atoms with Gasteiger partial charge in [0.25, 0.3) is 5.91 Å². The molecule has 4 aromatic rings. The zero-order chi connectivity index (χ0) is 20.9. The van der Waals surface area contributed by atoms with Crippen LogP contribution in [0.2, 0.25) is 5.02 Å². The van der Waals surface area contributed by atoms with Gasteiger partial charge in [-0.1, -0.05) is 41.9 Å². The highest BCUT2D eigenvalue weighted by Gasteiger charge is 2.10. The molecule has 0 fully saturated rings. The lowest BCUT2D eigenvalue weighted by atomic mass is 10.2. The highest BCUT2D eigenvalue weighted by molar-refractivity contribution is 6.31.